The molecule has 3 rings (SSSR count). The fourth-order valence-corrected chi connectivity index (χ4v) is 3.81. The van der Waals surface area contributed by atoms with Gasteiger partial charge >= 0.3 is 0 Å². The number of nitrogens with zero attached hydrogens (tertiary/aromatic N) is 2. The Kier molecular flexibility index (Phi) is 6.40. The molecule has 1 aromatic heterocycles. The fourth-order valence-electron chi connectivity index (χ4n) is 2.77. The molecule has 3 aromatic rings. The minimum absolute atomic E-state index is 0.0209. The minimum atomic E-state index is 0.0209. The normalized spacial score (nSPS) is 11.1. The summed E-state index contributed by atoms with van der Waals surface area (Å²) >= 11 is 1.60. The lowest BCUT2D eigenvalue weighted by Crippen LogP contribution is -2.25. The second kappa shape index (κ2) is 8.95. The van der Waals surface area contributed by atoms with Gasteiger partial charge < -0.3 is 9.47 Å². The van der Waals surface area contributed by atoms with E-state index >= 15 is 0 Å². The van der Waals surface area contributed by atoms with E-state index in [0.717, 1.165) is 34.3 Å². The number of fused-ring (bicyclic) bond motifs is 1. The number of methoxy groups -OCH3 is 1. The van der Waals surface area contributed by atoms with Gasteiger partial charge in [0.05, 0.1) is 24.6 Å². The molecular formula is C21H24N2O3S. The van der Waals surface area contributed by atoms with Crippen molar-refractivity contribution < 1.29 is 9.47 Å². The monoisotopic (exact) mass is 384 g/mol. The van der Waals surface area contributed by atoms with E-state index in [4.69, 9.17) is 14.5 Å². The molecule has 0 aliphatic carbocycles. The van der Waals surface area contributed by atoms with Gasteiger partial charge in [-0.3, -0.25) is 9.36 Å². The maximum Gasteiger partial charge on any atom is 0.262 e. The molecule has 1 heterocycles. The molecule has 0 fully saturated rings. The molecule has 142 valence electrons. The van der Waals surface area contributed by atoms with Crippen LogP contribution in [0.2, 0.25) is 0 Å². The Morgan fingerprint density at radius 3 is 2.48 bits per heavy atom. The van der Waals surface area contributed by atoms with E-state index in [1.807, 2.05) is 62.4 Å². The topological polar surface area (TPSA) is 53.4 Å². The SMILES string of the molecule is COc1ccc(OCCCSc2nc3ccccc3c(=O)n2C(C)C)cc1. The lowest BCUT2D eigenvalue weighted by atomic mass is 10.2. The summed E-state index contributed by atoms with van der Waals surface area (Å²) in [7, 11) is 1.64. The summed E-state index contributed by atoms with van der Waals surface area (Å²) < 4.78 is 12.7. The molecule has 2 aromatic carbocycles. The van der Waals surface area contributed by atoms with Crippen molar-refractivity contribution in [2.45, 2.75) is 31.5 Å². The van der Waals surface area contributed by atoms with Crippen molar-refractivity contribution in [2.75, 3.05) is 19.5 Å². The van der Waals surface area contributed by atoms with Crippen molar-refractivity contribution in [1.82, 2.24) is 9.55 Å². The van der Waals surface area contributed by atoms with E-state index in [9.17, 15) is 4.79 Å². The molecule has 0 bridgehead atoms. The quantitative estimate of drug-likeness (QED) is 0.324. The molecule has 0 unspecified atom stereocenters. The average Bonchev–Trinajstić information content (AvgIpc) is 2.68. The number of benzene rings is 2. The molecule has 0 atom stereocenters. The van der Waals surface area contributed by atoms with Gasteiger partial charge in [-0.1, -0.05) is 23.9 Å². The van der Waals surface area contributed by atoms with Gasteiger partial charge in [0.2, 0.25) is 0 Å². The predicted molar refractivity (Wildman–Crippen MR) is 110 cm³/mol. The zero-order chi connectivity index (χ0) is 19.2. The minimum Gasteiger partial charge on any atom is -0.497 e. The predicted octanol–water partition coefficient (Wildman–Crippen LogP) is 4.55. The Morgan fingerprint density at radius 1 is 1.07 bits per heavy atom. The largest absolute Gasteiger partial charge is 0.497 e. The van der Waals surface area contributed by atoms with Crippen LogP contribution in [0.1, 0.15) is 26.3 Å². The van der Waals surface area contributed by atoms with Crippen LogP contribution in [0.4, 0.5) is 0 Å². The lowest BCUT2D eigenvalue weighted by Gasteiger charge is -2.16. The van der Waals surface area contributed by atoms with E-state index in [2.05, 4.69) is 0 Å². The maximum absolute atomic E-state index is 12.8. The number of hydrogen-bond acceptors (Lipinski definition) is 5. The van der Waals surface area contributed by atoms with Gasteiger partial charge in [0, 0.05) is 11.8 Å². The highest BCUT2D eigenvalue weighted by Gasteiger charge is 2.13. The Morgan fingerprint density at radius 2 is 1.78 bits per heavy atom. The van der Waals surface area contributed by atoms with Crippen molar-refractivity contribution in [3.05, 3.63) is 58.9 Å². The van der Waals surface area contributed by atoms with E-state index in [-0.39, 0.29) is 11.6 Å². The summed E-state index contributed by atoms with van der Waals surface area (Å²) in [6.07, 6.45) is 0.859. The van der Waals surface area contributed by atoms with E-state index < -0.39 is 0 Å². The van der Waals surface area contributed by atoms with Crippen LogP contribution in [0.5, 0.6) is 11.5 Å². The van der Waals surface area contributed by atoms with E-state index in [1.54, 1.807) is 23.4 Å². The third-order valence-corrected chi connectivity index (χ3v) is 5.18. The summed E-state index contributed by atoms with van der Waals surface area (Å²) in [5.74, 6) is 2.46. The standard InChI is InChI=1S/C21H24N2O3S/c1-15(2)23-20(24)18-7-4-5-8-19(18)22-21(23)27-14-6-13-26-17-11-9-16(25-3)10-12-17/h4-5,7-12,15H,6,13-14H2,1-3H3. The number of para-hydroxylation sites is 1. The highest BCUT2D eigenvalue weighted by molar-refractivity contribution is 7.99. The van der Waals surface area contributed by atoms with Crippen molar-refractivity contribution in [3.8, 4) is 11.5 Å². The number of ether oxygens (including phenoxy) is 2. The second-order valence-electron chi connectivity index (χ2n) is 6.41. The fraction of sp³-hybridized carbons (Fsp3) is 0.333. The third kappa shape index (κ3) is 4.63. The zero-order valence-corrected chi connectivity index (χ0v) is 16.7. The van der Waals surface area contributed by atoms with Gasteiger partial charge in [-0.05, 0) is 56.7 Å². The van der Waals surface area contributed by atoms with Crippen LogP contribution >= 0.6 is 11.8 Å². The Hall–Kier alpha value is -2.47. The Labute approximate surface area is 163 Å². The van der Waals surface area contributed by atoms with Crippen molar-refractivity contribution in [1.29, 1.82) is 0 Å². The summed E-state index contributed by atoms with van der Waals surface area (Å²) in [6.45, 7) is 4.63. The highest BCUT2D eigenvalue weighted by Crippen LogP contribution is 2.22. The third-order valence-electron chi connectivity index (χ3n) is 4.14. The molecule has 0 amide bonds. The summed E-state index contributed by atoms with van der Waals surface area (Å²) in [4.78, 5) is 17.5. The summed E-state index contributed by atoms with van der Waals surface area (Å²) in [5, 5.41) is 1.43. The number of rotatable bonds is 8. The van der Waals surface area contributed by atoms with Crippen LogP contribution < -0.4 is 15.0 Å². The molecule has 0 aliphatic heterocycles. The first-order valence-corrected chi connectivity index (χ1v) is 9.99. The van der Waals surface area contributed by atoms with Gasteiger partial charge in [0.15, 0.2) is 5.16 Å². The van der Waals surface area contributed by atoms with Crippen LogP contribution in [-0.2, 0) is 0 Å². The first kappa shape index (κ1) is 19.3. The first-order chi connectivity index (χ1) is 13.1. The van der Waals surface area contributed by atoms with Gasteiger partial charge in [-0.15, -0.1) is 0 Å². The Balaban J connectivity index is 1.62. The van der Waals surface area contributed by atoms with E-state index in [0.29, 0.717) is 12.0 Å². The van der Waals surface area contributed by atoms with Crippen LogP contribution in [0.3, 0.4) is 0 Å². The highest BCUT2D eigenvalue weighted by atomic mass is 32.2. The van der Waals surface area contributed by atoms with Gasteiger partial charge in [0.1, 0.15) is 11.5 Å². The molecule has 0 saturated heterocycles. The van der Waals surface area contributed by atoms with Gasteiger partial charge in [-0.25, -0.2) is 4.98 Å². The molecule has 0 aliphatic rings. The van der Waals surface area contributed by atoms with Crippen LogP contribution in [0.25, 0.3) is 10.9 Å². The molecule has 5 nitrogen and oxygen atoms in total. The molecule has 6 heteroatoms. The summed E-state index contributed by atoms with van der Waals surface area (Å²) in [5.41, 5.74) is 0.768. The second-order valence-corrected chi connectivity index (χ2v) is 7.47. The molecule has 0 radical (unpaired) electrons. The Bertz CT molecular complexity index is 952. The first-order valence-electron chi connectivity index (χ1n) is 9.01. The van der Waals surface area contributed by atoms with E-state index in [1.165, 1.54) is 0 Å². The van der Waals surface area contributed by atoms with Crippen LogP contribution in [-0.4, -0.2) is 29.0 Å². The molecule has 0 spiro atoms. The van der Waals surface area contributed by atoms with Gasteiger partial charge in [-0.2, -0.15) is 0 Å². The number of aromatic nitrogens is 2. The van der Waals surface area contributed by atoms with Crippen LogP contribution in [0.15, 0.2) is 58.5 Å². The molecule has 0 N–H and O–H groups in total. The van der Waals surface area contributed by atoms with Crippen molar-refractivity contribution in [3.63, 3.8) is 0 Å². The number of hydrogen-bond donors (Lipinski definition) is 0. The van der Waals surface area contributed by atoms with Gasteiger partial charge in [0.25, 0.3) is 5.56 Å². The molecule has 27 heavy (non-hydrogen) atoms. The maximum atomic E-state index is 12.8. The smallest absolute Gasteiger partial charge is 0.262 e. The van der Waals surface area contributed by atoms with Crippen molar-refractivity contribution >= 4 is 22.7 Å². The van der Waals surface area contributed by atoms with Crippen molar-refractivity contribution in [2.24, 2.45) is 0 Å². The molecule has 0 saturated carbocycles. The summed E-state index contributed by atoms with van der Waals surface area (Å²) in [6, 6.07) is 15.1. The molecular weight excluding hydrogens is 360 g/mol. The lowest BCUT2D eigenvalue weighted by molar-refractivity contribution is 0.318. The zero-order valence-electron chi connectivity index (χ0n) is 15.8. The van der Waals surface area contributed by atoms with Crippen LogP contribution in [0, 0.1) is 0 Å². The average molecular weight is 385 g/mol. The number of thioether (sulfide) groups is 1.